The highest BCUT2D eigenvalue weighted by atomic mass is 15.2. The fourth-order valence-corrected chi connectivity index (χ4v) is 3.15. The van der Waals surface area contributed by atoms with Crippen LogP contribution in [0.3, 0.4) is 0 Å². The van der Waals surface area contributed by atoms with E-state index >= 15 is 0 Å². The molecule has 22 heavy (non-hydrogen) atoms. The number of benzene rings is 2. The molecule has 3 nitrogen and oxygen atoms in total. The Morgan fingerprint density at radius 2 is 1.86 bits per heavy atom. The van der Waals surface area contributed by atoms with Gasteiger partial charge in [0.25, 0.3) is 0 Å². The second kappa shape index (κ2) is 6.95. The molecule has 0 saturated carbocycles. The molecule has 2 aromatic rings. The number of nitrogens with one attached hydrogen (secondary N) is 2. The minimum Gasteiger partial charge on any atom is -0.368 e. The Morgan fingerprint density at radius 3 is 2.64 bits per heavy atom. The Balaban J connectivity index is 1.96. The van der Waals surface area contributed by atoms with Crippen LogP contribution in [0.2, 0.25) is 0 Å². The van der Waals surface area contributed by atoms with Gasteiger partial charge in [0, 0.05) is 31.4 Å². The molecule has 1 aliphatic heterocycles. The highest BCUT2D eigenvalue weighted by molar-refractivity contribution is 5.58. The Hall–Kier alpha value is -1.84. The summed E-state index contributed by atoms with van der Waals surface area (Å²) >= 11 is 0. The van der Waals surface area contributed by atoms with Crippen LogP contribution < -0.4 is 15.5 Å². The van der Waals surface area contributed by atoms with E-state index in [9.17, 15) is 0 Å². The molecule has 3 heteroatoms. The van der Waals surface area contributed by atoms with Crippen molar-refractivity contribution in [1.29, 1.82) is 0 Å². The van der Waals surface area contributed by atoms with Crippen LogP contribution >= 0.6 is 0 Å². The van der Waals surface area contributed by atoms with Gasteiger partial charge in [0.2, 0.25) is 0 Å². The van der Waals surface area contributed by atoms with Crippen LogP contribution in [-0.2, 0) is 0 Å². The number of anilines is 1. The first-order valence-electron chi connectivity index (χ1n) is 8.09. The average molecular weight is 295 g/mol. The number of nitrogens with zero attached hydrogens (tertiary/aromatic N) is 1. The number of fused-ring (bicyclic) bond motifs is 1. The molecule has 0 aliphatic carbocycles. The van der Waals surface area contributed by atoms with E-state index in [4.69, 9.17) is 0 Å². The molecule has 0 radical (unpaired) electrons. The monoisotopic (exact) mass is 295 g/mol. The summed E-state index contributed by atoms with van der Waals surface area (Å²) in [5.41, 5.74) is 4.05. The van der Waals surface area contributed by atoms with Gasteiger partial charge < -0.3 is 15.5 Å². The second-order valence-corrected chi connectivity index (χ2v) is 5.99. The summed E-state index contributed by atoms with van der Waals surface area (Å²) in [6.45, 7) is 5.28. The predicted molar refractivity (Wildman–Crippen MR) is 93.5 cm³/mol. The van der Waals surface area contributed by atoms with Crippen LogP contribution in [0, 0.1) is 0 Å². The number of hydrogen-bond donors (Lipinski definition) is 2. The van der Waals surface area contributed by atoms with Crippen LogP contribution in [0.15, 0.2) is 54.6 Å². The smallest absolute Gasteiger partial charge is 0.0597 e. The van der Waals surface area contributed by atoms with Gasteiger partial charge in [0.15, 0.2) is 0 Å². The lowest BCUT2D eigenvalue weighted by atomic mass is 9.97. The van der Waals surface area contributed by atoms with Crippen LogP contribution in [0.1, 0.15) is 24.1 Å². The zero-order chi connectivity index (χ0) is 15.4. The van der Waals surface area contributed by atoms with Crippen molar-refractivity contribution < 1.29 is 0 Å². The normalized spacial score (nSPS) is 19.4. The third-order valence-corrected chi connectivity index (χ3v) is 4.44. The molecular formula is C19H25N3. The lowest BCUT2D eigenvalue weighted by Crippen LogP contribution is -2.39. The zero-order valence-electron chi connectivity index (χ0n) is 13.4. The van der Waals surface area contributed by atoms with Gasteiger partial charge >= 0.3 is 0 Å². The SMILES string of the molecule is CNC(C)CN1CCNC(c2ccccc2)c2ccccc21. The summed E-state index contributed by atoms with van der Waals surface area (Å²) < 4.78 is 0. The van der Waals surface area contributed by atoms with Gasteiger partial charge in [0.05, 0.1) is 6.04 Å². The molecule has 0 amide bonds. The van der Waals surface area contributed by atoms with Gasteiger partial charge in [-0.05, 0) is 31.2 Å². The average Bonchev–Trinajstić information content (AvgIpc) is 2.75. The Morgan fingerprint density at radius 1 is 1.14 bits per heavy atom. The Labute approximate surface area is 133 Å². The van der Waals surface area contributed by atoms with E-state index in [1.54, 1.807) is 0 Å². The van der Waals surface area contributed by atoms with Crippen molar-refractivity contribution in [2.24, 2.45) is 0 Å². The zero-order valence-corrected chi connectivity index (χ0v) is 13.4. The van der Waals surface area contributed by atoms with Crippen LogP contribution in [-0.4, -0.2) is 32.7 Å². The summed E-state index contributed by atoms with van der Waals surface area (Å²) in [7, 11) is 2.03. The van der Waals surface area contributed by atoms with Crippen molar-refractivity contribution in [3.63, 3.8) is 0 Å². The molecule has 0 spiro atoms. The van der Waals surface area contributed by atoms with E-state index in [2.05, 4.69) is 77.1 Å². The van der Waals surface area contributed by atoms with Gasteiger partial charge in [-0.2, -0.15) is 0 Å². The van der Waals surface area contributed by atoms with Crippen LogP contribution in [0.5, 0.6) is 0 Å². The molecule has 2 aromatic carbocycles. The lowest BCUT2D eigenvalue weighted by Gasteiger charge is -2.28. The first-order valence-corrected chi connectivity index (χ1v) is 8.09. The third kappa shape index (κ3) is 3.16. The number of rotatable bonds is 4. The minimum atomic E-state index is 0.271. The van der Waals surface area contributed by atoms with Crippen molar-refractivity contribution >= 4 is 5.69 Å². The Bertz CT molecular complexity index is 597. The van der Waals surface area contributed by atoms with E-state index in [0.717, 1.165) is 19.6 Å². The first-order chi connectivity index (χ1) is 10.8. The second-order valence-electron chi connectivity index (χ2n) is 5.99. The van der Waals surface area contributed by atoms with Crippen molar-refractivity contribution in [1.82, 2.24) is 10.6 Å². The molecule has 0 aromatic heterocycles. The molecule has 1 aliphatic rings. The largest absolute Gasteiger partial charge is 0.368 e. The minimum absolute atomic E-state index is 0.271. The lowest BCUT2D eigenvalue weighted by molar-refractivity contribution is 0.573. The third-order valence-electron chi connectivity index (χ3n) is 4.44. The number of para-hydroxylation sites is 1. The van der Waals surface area contributed by atoms with Crippen molar-refractivity contribution in [3.05, 3.63) is 65.7 Å². The van der Waals surface area contributed by atoms with Crippen LogP contribution in [0.25, 0.3) is 0 Å². The van der Waals surface area contributed by atoms with Gasteiger partial charge in [0.1, 0.15) is 0 Å². The molecule has 2 atom stereocenters. The summed E-state index contributed by atoms with van der Waals surface area (Å²) in [6.07, 6.45) is 0. The summed E-state index contributed by atoms with van der Waals surface area (Å²) in [5, 5.41) is 7.06. The standard InChI is InChI=1S/C19H25N3/c1-15(20-2)14-22-13-12-21-19(16-8-4-3-5-9-16)17-10-6-7-11-18(17)22/h3-11,15,19-21H,12-14H2,1-2H3. The van der Waals surface area contributed by atoms with E-state index in [0.29, 0.717) is 6.04 Å². The first kappa shape index (κ1) is 15.1. The molecule has 3 rings (SSSR count). The van der Waals surface area contributed by atoms with Gasteiger partial charge in [-0.15, -0.1) is 0 Å². The predicted octanol–water partition coefficient (Wildman–Crippen LogP) is 2.79. The fourth-order valence-electron chi connectivity index (χ4n) is 3.15. The molecule has 0 saturated heterocycles. The van der Waals surface area contributed by atoms with E-state index in [-0.39, 0.29) is 6.04 Å². The molecular weight excluding hydrogens is 270 g/mol. The maximum absolute atomic E-state index is 3.71. The van der Waals surface area contributed by atoms with Crippen molar-refractivity contribution in [2.45, 2.75) is 19.0 Å². The maximum atomic E-state index is 3.71. The molecule has 1 heterocycles. The quantitative estimate of drug-likeness (QED) is 0.908. The molecule has 116 valence electrons. The molecule has 0 fully saturated rings. The summed E-state index contributed by atoms with van der Waals surface area (Å²) in [5.74, 6) is 0. The van der Waals surface area contributed by atoms with Gasteiger partial charge in [-0.1, -0.05) is 48.5 Å². The van der Waals surface area contributed by atoms with E-state index in [1.807, 2.05) is 7.05 Å². The topological polar surface area (TPSA) is 27.3 Å². The number of hydrogen-bond acceptors (Lipinski definition) is 3. The van der Waals surface area contributed by atoms with E-state index < -0.39 is 0 Å². The number of likely N-dealkylation sites (N-methyl/N-ethyl adjacent to an activating group) is 1. The summed E-state index contributed by atoms with van der Waals surface area (Å²) in [4.78, 5) is 2.49. The highest BCUT2D eigenvalue weighted by Gasteiger charge is 2.23. The van der Waals surface area contributed by atoms with Crippen molar-refractivity contribution in [2.75, 3.05) is 31.6 Å². The Kier molecular flexibility index (Phi) is 4.76. The summed E-state index contributed by atoms with van der Waals surface area (Å²) in [6, 6.07) is 20.3. The van der Waals surface area contributed by atoms with Gasteiger partial charge in [-0.25, -0.2) is 0 Å². The maximum Gasteiger partial charge on any atom is 0.0597 e. The molecule has 2 N–H and O–H groups in total. The van der Waals surface area contributed by atoms with Gasteiger partial charge in [-0.3, -0.25) is 0 Å². The van der Waals surface area contributed by atoms with Crippen molar-refractivity contribution in [3.8, 4) is 0 Å². The van der Waals surface area contributed by atoms with Crippen LogP contribution in [0.4, 0.5) is 5.69 Å². The fraction of sp³-hybridized carbons (Fsp3) is 0.368. The van der Waals surface area contributed by atoms with E-state index in [1.165, 1.54) is 16.8 Å². The molecule has 0 bridgehead atoms. The molecule has 2 unspecified atom stereocenters. The highest BCUT2D eigenvalue weighted by Crippen LogP contribution is 2.32.